The molecule has 0 unspecified atom stereocenters. The first-order valence-electron chi connectivity index (χ1n) is 8.78. The molecule has 0 aliphatic heterocycles. The monoisotopic (exact) mass is 375 g/mol. The zero-order valence-electron chi connectivity index (χ0n) is 16.0. The maximum absolute atomic E-state index is 12.5. The Balaban J connectivity index is 1.92. The number of hydrogen-bond acceptors (Lipinski definition) is 4. The van der Waals surface area contributed by atoms with Gasteiger partial charge in [0.2, 0.25) is 5.91 Å². The minimum absolute atomic E-state index is 0.299. The van der Waals surface area contributed by atoms with Gasteiger partial charge in [-0.3, -0.25) is 4.79 Å². The van der Waals surface area contributed by atoms with Crippen LogP contribution in [0.5, 0.6) is 5.75 Å². The molecule has 0 spiro atoms. The Labute approximate surface area is 163 Å². The van der Waals surface area contributed by atoms with E-state index in [1.807, 2.05) is 43.3 Å². The highest BCUT2D eigenvalue weighted by atomic mass is 16.5. The maximum Gasteiger partial charge on any atom is 0.339 e. The number of carbonyl (C=O) groups excluding carboxylic acids is 2. The van der Waals surface area contributed by atoms with Gasteiger partial charge in [0.15, 0.2) is 0 Å². The highest BCUT2D eigenvalue weighted by Gasteiger charge is 2.14. The van der Waals surface area contributed by atoms with Crippen molar-refractivity contribution in [3.8, 4) is 5.75 Å². The molecule has 0 atom stereocenters. The lowest BCUT2D eigenvalue weighted by Crippen LogP contribution is -2.13. The second-order valence-corrected chi connectivity index (χ2v) is 6.22. The standard InChI is InChI=1S/C23H21NO4/c1-15(17-13-12-16-8-4-5-9-18(16)22(17)27-2)14-21(25)24-20-11-7-6-10-19(20)23(26)28-3/h4-14H,1-3H3,(H,24,25)/b15-14-. The first-order valence-corrected chi connectivity index (χ1v) is 8.78. The molecule has 3 aromatic carbocycles. The molecule has 0 bridgehead atoms. The molecular formula is C23H21NO4. The van der Waals surface area contributed by atoms with Crippen LogP contribution in [0.3, 0.4) is 0 Å². The number of ether oxygens (including phenoxy) is 2. The van der Waals surface area contributed by atoms with Crippen molar-refractivity contribution in [2.75, 3.05) is 19.5 Å². The third-order valence-corrected chi connectivity index (χ3v) is 4.45. The summed E-state index contributed by atoms with van der Waals surface area (Å²) in [5.74, 6) is -0.133. The van der Waals surface area contributed by atoms with E-state index in [-0.39, 0.29) is 5.91 Å². The molecule has 0 aromatic heterocycles. The van der Waals surface area contributed by atoms with Crippen LogP contribution in [-0.2, 0) is 9.53 Å². The van der Waals surface area contributed by atoms with Crippen molar-refractivity contribution >= 4 is 33.9 Å². The fraction of sp³-hybridized carbons (Fsp3) is 0.130. The molecule has 28 heavy (non-hydrogen) atoms. The number of methoxy groups -OCH3 is 2. The van der Waals surface area contributed by atoms with Gasteiger partial charge in [0, 0.05) is 17.0 Å². The highest BCUT2D eigenvalue weighted by Crippen LogP contribution is 2.33. The molecule has 0 radical (unpaired) electrons. The third-order valence-electron chi connectivity index (χ3n) is 4.45. The summed E-state index contributed by atoms with van der Waals surface area (Å²) >= 11 is 0. The minimum Gasteiger partial charge on any atom is -0.495 e. The number of fused-ring (bicyclic) bond motifs is 1. The average Bonchev–Trinajstić information content (AvgIpc) is 2.72. The lowest BCUT2D eigenvalue weighted by molar-refractivity contribution is -0.111. The molecule has 1 amide bonds. The predicted octanol–water partition coefficient (Wildman–Crippen LogP) is 4.68. The topological polar surface area (TPSA) is 64.6 Å². The smallest absolute Gasteiger partial charge is 0.339 e. The van der Waals surface area contributed by atoms with E-state index in [0.717, 1.165) is 27.7 Å². The lowest BCUT2D eigenvalue weighted by atomic mass is 10.00. The molecule has 0 aliphatic carbocycles. The molecule has 1 N–H and O–H groups in total. The zero-order valence-corrected chi connectivity index (χ0v) is 16.0. The highest BCUT2D eigenvalue weighted by molar-refractivity contribution is 6.08. The number of nitrogens with one attached hydrogen (secondary N) is 1. The number of carbonyl (C=O) groups is 2. The second-order valence-electron chi connectivity index (χ2n) is 6.22. The fourth-order valence-electron chi connectivity index (χ4n) is 3.10. The molecule has 3 rings (SSSR count). The third kappa shape index (κ3) is 3.88. The summed E-state index contributed by atoms with van der Waals surface area (Å²) in [7, 11) is 2.92. The van der Waals surface area contributed by atoms with Gasteiger partial charge < -0.3 is 14.8 Å². The molecule has 0 aliphatic rings. The van der Waals surface area contributed by atoms with E-state index in [0.29, 0.717) is 11.3 Å². The van der Waals surface area contributed by atoms with Crippen LogP contribution < -0.4 is 10.1 Å². The van der Waals surface area contributed by atoms with Crippen molar-refractivity contribution in [2.24, 2.45) is 0 Å². The number of rotatable bonds is 5. The largest absolute Gasteiger partial charge is 0.495 e. The Morgan fingerprint density at radius 2 is 1.61 bits per heavy atom. The van der Waals surface area contributed by atoms with Gasteiger partial charge in [0.1, 0.15) is 5.75 Å². The number of para-hydroxylation sites is 1. The fourth-order valence-corrected chi connectivity index (χ4v) is 3.10. The van der Waals surface area contributed by atoms with Crippen molar-refractivity contribution in [3.05, 3.63) is 77.9 Å². The van der Waals surface area contributed by atoms with Crippen LogP contribution >= 0.6 is 0 Å². The number of esters is 1. The Bertz CT molecular complexity index is 1070. The van der Waals surface area contributed by atoms with Crippen LogP contribution in [0.2, 0.25) is 0 Å². The quantitative estimate of drug-likeness (QED) is 0.520. The molecule has 3 aromatic rings. The van der Waals surface area contributed by atoms with Gasteiger partial charge in [-0.1, -0.05) is 48.5 Å². The van der Waals surface area contributed by atoms with Crippen molar-refractivity contribution in [1.29, 1.82) is 0 Å². The van der Waals surface area contributed by atoms with E-state index in [9.17, 15) is 9.59 Å². The molecule has 0 saturated heterocycles. The first kappa shape index (κ1) is 19.2. The van der Waals surface area contributed by atoms with Crippen molar-refractivity contribution in [1.82, 2.24) is 0 Å². The van der Waals surface area contributed by atoms with Gasteiger partial charge in [-0.2, -0.15) is 0 Å². The van der Waals surface area contributed by atoms with E-state index >= 15 is 0 Å². The summed E-state index contributed by atoms with van der Waals surface area (Å²) < 4.78 is 10.4. The van der Waals surface area contributed by atoms with Crippen LogP contribution in [0.25, 0.3) is 16.3 Å². The molecule has 0 heterocycles. The number of allylic oxidation sites excluding steroid dienone is 1. The average molecular weight is 375 g/mol. The normalized spacial score (nSPS) is 11.2. The first-order chi connectivity index (χ1) is 13.5. The van der Waals surface area contributed by atoms with Gasteiger partial charge in [-0.15, -0.1) is 0 Å². The summed E-state index contributed by atoms with van der Waals surface area (Å²) in [5, 5.41) is 4.78. The maximum atomic E-state index is 12.5. The Morgan fingerprint density at radius 1 is 0.893 bits per heavy atom. The van der Waals surface area contributed by atoms with Crippen LogP contribution in [0.1, 0.15) is 22.8 Å². The van der Waals surface area contributed by atoms with Crippen LogP contribution in [0, 0.1) is 0 Å². The SMILES string of the molecule is COC(=O)c1ccccc1NC(=O)/C=C(/C)c1ccc2ccccc2c1OC. The van der Waals surface area contributed by atoms with Crippen LogP contribution in [0.4, 0.5) is 5.69 Å². The molecule has 0 fully saturated rings. The number of anilines is 1. The Hall–Kier alpha value is -3.60. The van der Waals surface area contributed by atoms with Gasteiger partial charge in [0.05, 0.1) is 25.5 Å². The van der Waals surface area contributed by atoms with Crippen LogP contribution in [-0.4, -0.2) is 26.1 Å². The van der Waals surface area contributed by atoms with E-state index in [2.05, 4.69) is 5.32 Å². The van der Waals surface area contributed by atoms with Gasteiger partial charge in [-0.25, -0.2) is 4.79 Å². The molecular weight excluding hydrogens is 354 g/mol. The van der Waals surface area contributed by atoms with E-state index in [1.54, 1.807) is 31.4 Å². The van der Waals surface area contributed by atoms with E-state index < -0.39 is 5.97 Å². The van der Waals surface area contributed by atoms with Crippen molar-refractivity contribution in [3.63, 3.8) is 0 Å². The molecule has 0 saturated carbocycles. The van der Waals surface area contributed by atoms with Gasteiger partial charge in [0.25, 0.3) is 0 Å². The van der Waals surface area contributed by atoms with E-state index in [4.69, 9.17) is 9.47 Å². The number of hydrogen-bond donors (Lipinski definition) is 1. The summed E-state index contributed by atoms with van der Waals surface area (Å²) in [6.07, 6.45) is 1.49. The Morgan fingerprint density at radius 3 is 2.36 bits per heavy atom. The molecule has 5 heteroatoms. The molecule has 142 valence electrons. The summed E-state index contributed by atoms with van der Waals surface area (Å²) in [4.78, 5) is 24.4. The predicted molar refractivity (Wildman–Crippen MR) is 111 cm³/mol. The second kappa shape index (κ2) is 8.39. The number of benzene rings is 3. The van der Waals surface area contributed by atoms with Gasteiger partial charge >= 0.3 is 5.97 Å². The van der Waals surface area contributed by atoms with Crippen molar-refractivity contribution < 1.29 is 19.1 Å². The van der Waals surface area contributed by atoms with Crippen molar-refractivity contribution in [2.45, 2.75) is 6.92 Å². The van der Waals surface area contributed by atoms with Crippen LogP contribution in [0.15, 0.2) is 66.7 Å². The zero-order chi connectivity index (χ0) is 20.1. The summed E-state index contributed by atoms with van der Waals surface area (Å²) in [5.41, 5.74) is 2.27. The van der Waals surface area contributed by atoms with E-state index in [1.165, 1.54) is 13.2 Å². The lowest BCUT2D eigenvalue weighted by Gasteiger charge is -2.13. The summed E-state index contributed by atoms with van der Waals surface area (Å²) in [6, 6.07) is 18.6. The Kier molecular flexibility index (Phi) is 5.75. The van der Waals surface area contributed by atoms with Gasteiger partial charge in [-0.05, 0) is 30.0 Å². The minimum atomic E-state index is -0.507. The number of amides is 1. The molecule has 5 nitrogen and oxygen atoms in total. The summed E-state index contributed by atoms with van der Waals surface area (Å²) in [6.45, 7) is 1.85.